The summed E-state index contributed by atoms with van der Waals surface area (Å²) < 4.78 is 6.72. The number of benzene rings is 1. The van der Waals surface area contributed by atoms with E-state index in [1.807, 2.05) is 13.0 Å². The van der Waals surface area contributed by atoms with Crippen molar-refractivity contribution < 1.29 is 4.52 Å². The Hall–Kier alpha value is -2.40. The predicted molar refractivity (Wildman–Crippen MR) is 82.7 cm³/mol. The minimum atomic E-state index is -0.0625. The van der Waals surface area contributed by atoms with Crippen molar-refractivity contribution in [3.8, 4) is 0 Å². The molecule has 5 nitrogen and oxygen atoms in total. The maximum atomic E-state index is 12.5. The molecule has 1 aliphatic heterocycles. The number of aryl methyl sites for hydroxylation is 1. The molecule has 0 fully saturated rings. The van der Waals surface area contributed by atoms with Gasteiger partial charge in [-0.1, -0.05) is 30.3 Å². The Labute approximate surface area is 127 Å². The first-order valence-corrected chi connectivity index (χ1v) is 7.48. The molecule has 1 aliphatic rings. The molecule has 4 rings (SSSR count). The zero-order valence-electron chi connectivity index (χ0n) is 12.5. The van der Waals surface area contributed by atoms with Crippen LogP contribution in [-0.2, 0) is 19.5 Å². The Morgan fingerprint density at radius 2 is 2.09 bits per heavy atom. The topological polar surface area (TPSA) is 50.8 Å². The zero-order chi connectivity index (χ0) is 15.1. The second kappa shape index (κ2) is 5.10. The minimum absolute atomic E-state index is 0.0625. The average molecular weight is 295 g/mol. The van der Waals surface area contributed by atoms with E-state index in [1.165, 1.54) is 10.1 Å². The van der Waals surface area contributed by atoms with Gasteiger partial charge in [-0.15, -0.1) is 4.57 Å². The number of rotatable bonds is 2. The highest BCUT2D eigenvalue weighted by Gasteiger charge is 2.22. The summed E-state index contributed by atoms with van der Waals surface area (Å²) in [5, 5.41) is 0. The summed E-state index contributed by atoms with van der Waals surface area (Å²) in [6.45, 7) is 4.28. The van der Waals surface area contributed by atoms with Gasteiger partial charge in [0.15, 0.2) is 5.65 Å². The first kappa shape index (κ1) is 13.3. The summed E-state index contributed by atoms with van der Waals surface area (Å²) in [5.74, 6) is 0.702. The van der Waals surface area contributed by atoms with Gasteiger partial charge in [0.25, 0.3) is 5.56 Å². The van der Waals surface area contributed by atoms with Crippen LogP contribution >= 0.6 is 0 Å². The Balaban J connectivity index is 1.67. The van der Waals surface area contributed by atoms with Gasteiger partial charge in [0.2, 0.25) is 0 Å². The van der Waals surface area contributed by atoms with Crippen molar-refractivity contribution in [2.45, 2.75) is 26.4 Å². The summed E-state index contributed by atoms with van der Waals surface area (Å²) in [5.41, 5.74) is 3.49. The van der Waals surface area contributed by atoms with Crippen LogP contribution in [0.4, 0.5) is 0 Å². The fraction of sp³-hybridized carbons (Fsp3) is 0.294. The SMILES string of the molecule is Cc1cc2nc3c(c(=O)n2o1)CCN(Cc1ccccc1)C3. The normalized spacial score (nSPS) is 15.1. The molecule has 0 N–H and O–H groups in total. The van der Waals surface area contributed by atoms with Crippen LogP contribution in [0.5, 0.6) is 0 Å². The van der Waals surface area contributed by atoms with Gasteiger partial charge in [-0.25, -0.2) is 4.98 Å². The van der Waals surface area contributed by atoms with E-state index in [4.69, 9.17) is 4.52 Å². The number of nitrogens with zero attached hydrogens (tertiary/aromatic N) is 3. The third-order valence-electron chi connectivity index (χ3n) is 4.12. The molecular formula is C17H17N3O2. The van der Waals surface area contributed by atoms with E-state index in [0.29, 0.717) is 18.0 Å². The quantitative estimate of drug-likeness (QED) is 0.727. The van der Waals surface area contributed by atoms with Gasteiger partial charge in [0.1, 0.15) is 5.76 Å². The predicted octanol–water partition coefficient (Wildman–Crippen LogP) is 2.15. The fourth-order valence-corrected chi connectivity index (χ4v) is 3.05. The van der Waals surface area contributed by atoms with Crippen molar-refractivity contribution in [2.75, 3.05) is 6.54 Å². The lowest BCUT2D eigenvalue weighted by molar-refractivity contribution is 0.238. The van der Waals surface area contributed by atoms with E-state index in [0.717, 1.165) is 30.8 Å². The fourth-order valence-electron chi connectivity index (χ4n) is 3.05. The molecule has 1 aromatic carbocycles. The first-order chi connectivity index (χ1) is 10.7. The van der Waals surface area contributed by atoms with Crippen molar-refractivity contribution in [3.05, 3.63) is 69.3 Å². The largest absolute Gasteiger partial charge is 0.375 e. The molecule has 0 radical (unpaired) electrons. The third-order valence-corrected chi connectivity index (χ3v) is 4.12. The summed E-state index contributed by atoms with van der Waals surface area (Å²) in [6, 6.07) is 12.2. The van der Waals surface area contributed by atoms with Crippen LogP contribution < -0.4 is 5.56 Å². The molecule has 22 heavy (non-hydrogen) atoms. The Kier molecular flexibility index (Phi) is 3.08. The van der Waals surface area contributed by atoms with Crippen LogP contribution in [0.1, 0.15) is 22.6 Å². The van der Waals surface area contributed by atoms with Crippen LogP contribution in [-0.4, -0.2) is 21.0 Å². The van der Waals surface area contributed by atoms with Gasteiger partial charge in [-0.3, -0.25) is 9.69 Å². The maximum Gasteiger partial charge on any atom is 0.290 e. The summed E-state index contributed by atoms with van der Waals surface area (Å²) in [7, 11) is 0. The Bertz CT molecular complexity index is 880. The highest BCUT2D eigenvalue weighted by Crippen LogP contribution is 2.18. The van der Waals surface area contributed by atoms with Crippen LogP contribution in [0.3, 0.4) is 0 Å². The molecule has 5 heteroatoms. The van der Waals surface area contributed by atoms with Gasteiger partial charge in [0, 0.05) is 31.3 Å². The molecule has 0 amide bonds. The number of fused-ring (bicyclic) bond motifs is 2. The van der Waals surface area contributed by atoms with Gasteiger partial charge >= 0.3 is 0 Å². The van der Waals surface area contributed by atoms with E-state index < -0.39 is 0 Å². The molecule has 0 aliphatic carbocycles. The van der Waals surface area contributed by atoms with E-state index in [1.54, 1.807) is 6.07 Å². The zero-order valence-corrected chi connectivity index (χ0v) is 12.5. The third kappa shape index (κ3) is 2.23. The van der Waals surface area contributed by atoms with E-state index in [-0.39, 0.29) is 5.56 Å². The second-order valence-electron chi connectivity index (χ2n) is 5.79. The van der Waals surface area contributed by atoms with Gasteiger partial charge in [0.05, 0.1) is 5.69 Å². The van der Waals surface area contributed by atoms with Gasteiger partial charge in [-0.05, 0) is 18.9 Å². The first-order valence-electron chi connectivity index (χ1n) is 7.48. The molecule has 3 heterocycles. The summed E-state index contributed by atoms with van der Waals surface area (Å²) >= 11 is 0. The molecule has 3 aromatic rings. The smallest absolute Gasteiger partial charge is 0.290 e. The van der Waals surface area contributed by atoms with E-state index in [2.05, 4.69) is 34.1 Å². The Morgan fingerprint density at radius 1 is 1.27 bits per heavy atom. The standard InChI is InChI=1S/C17H17N3O2/c1-12-9-16-18-15-11-19(10-13-5-3-2-4-6-13)8-7-14(15)17(21)20(16)22-12/h2-6,9H,7-8,10-11H2,1H3. The summed E-state index contributed by atoms with van der Waals surface area (Å²) in [4.78, 5) is 19.4. The molecule has 0 saturated heterocycles. The molecule has 0 saturated carbocycles. The molecule has 0 unspecified atom stereocenters. The Morgan fingerprint density at radius 3 is 2.91 bits per heavy atom. The van der Waals surface area contributed by atoms with Crippen molar-refractivity contribution in [1.29, 1.82) is 0 Å². The lowest BCUT2D eigenvalue weighted by atomic mass is 10.1. The monoisotopic (exact) mass is 295 g/mol. The van der Waals surface area contributed by atoms with Gasteiger partial charge in [-0.2, -0.15) is 0 Å². The molecule has 112 valence electrons. The van der Waals surface area contributed by atoms with Crippen molar-refractivity contribution in [1.82, 2.24) is 14.5 Å². The molecular weight excluding hydrogens is 278 g/mol. The number of hydrogen-bond acceptors (Lipinski definition) is 4. The lowest BCUT2D eigenvalue weighted by Crippen LogP contribution is -2.35. The highest BCUT2D eigenvalue weighted by molar-refractivity contribution is 5.40. The van der Waals surface area contributed by atoms with Gasteiger partial charge < -0.3 is 4.52 Å². The molecule has 0 atom stereocenters. The summed E-state index contributed by atoms with van der Waals surface area (Å²) in [6.07, 6.45) is 0.719. The minimum Gasteiger partial charge on any atom is -0.375 e. The average Bonchev–Trinajstić information content (AvgIpc) is 2.89. The number of hydrogen-bond donors (Lipinski definition) is 0. The lowest BCUT2D eigenvalue weighted by Gasteiger charge is -2.27. The maximum absolute atomic E-state index is 12.5. The van der Waals surface area contributed by atoms with Crippen molar-refractivity contribution >= 4 is 5.65 Å². The van der Waals surface area contributed by atoms with Crippen LogP contribution in [0.2, 0.25) is 0 Å². The highest BCUT2D eigenvalue weighted by atomic mass is 16.5. The molecule has 0 bridgehead atoms. The second-order valence-corrected chi connectivity index (χ2v) is 5.79. The molecule has 0 spiro atoms. The van der Waals surface area contributed by atoms with Crippen LogP contribution in [0.15, 0.2) is 45.7 Å². The van der Waals surface area contributed by atoms with Crippen molar-refractivity contribution in [3.63, 3.8) is 0 Å². The van der Waals surface area contributed by atoms with E-state index >= 15 is 0 Å². The van der Waals surface area contributed by atoms with Crippen LogP contribution in [0, 0.1) is 6.92 Å². The molecule has 2 aromatic heterocycles. The van der Waals surface area contributed by atoms with Crippen molar-refractivity contribution in [2.24, 2.45) is 0 Å². The number of aromatic nitrogens is 2. The van der Waals surface area contributed by atoms with E-state index in [9.17, 15) is 4.79 Å². The van der Waals surface area contributed by atoms with Crippen LogP contribution in [0.25, 0.3) is 5.65 Å².